The third-order valence-corrected chi connectivity index (χ3v) is 8.42. The summed E-state index contributed by atoms with van der Waals surface area (Å²) in [6.07, 6.45) is 2.21. The fraction of sp³-hybridized carbons (Fsp3) is 1.00. The lowest BCUT2D eigenvalue weighted by molar-refractivity contribution is 0.0640. The van der Waals surface area contributed by atoms with Crippen molar-refractivity contribution in [1.82, 2.24) is 0 Å². The first-order chi connectivity index (χ1) is 6.08. The highest BCUT2D eigenvalue weighted by Crippen LogP contribution is 2.40. The van der Waals surface area contributed by atoms with Gasteiger partial charge in [0.2, 0.25) is 0 Å². The van der Waals surface area contributed by atoms with Gasteiger partial charge in [0.15, 0.2) is 8.32 Å². The van der Waals surface area contributed by atoms with E-state index in [0.717, 1.165) is 12.8 Å². The predicted octanol–water partition coefficient (Wildman–Crippen LogP) is 4.59. The van der Waals surface area contributed by atoms with Gasteiger partial charge in [-0.05, 0) is 37.9 Å². The van der Waals surface area contributed by atoms with Crippen LogP contribution in [0.15, 0.2) is 0 Å². The summed E-state index contributed by atoms with van der Waals surface area (Å²) in [5, 5.41) is 0.318. The Bertz CT molecular complexity index is 175. The Kier molecular flexibility index (Phi) is 4.41. The highest BCUT2D eigenvalue weighted by atomic mass is 28.4. The van der Waals surface area contributed by atoms with Gasteiger partial charge in [-0.3, -0.25) is 0 Å². The van der Waals surface area contributed by atoms with E-state index in [1.54, 1.807) is 0 Å². The molecule has 0 fully saturated rings. The molecule has 0 N–H and O–H groups in total. The van der Waals surface area contributed by atoms with Gasteiger partial charge >= 0.3 is 0 Å². The molecule has 0 aliphatic heterocycles. The van der Waals surface area contributed by atoms with E-state index in [-0.39, 0.29) is 5.60 Å². The van der Waals surface area contributed by atoms with E-state index in [1.165, 1.54) is 0 Å². The first-order valence-electron chi connectivity index (χ1n) is 5.78. The standard InChI is InChI=1S/C12H28OSi/c1-9-12(6,10-2)13-14(7,8)11(3,4)5/h9-10H2,1-8H3. The van der Waals surface area contributed by atoms with E-state index >= 15 is 0 Å². The molecule has 0 spiro atoms. The summed E-state index contributed by atoms with van der Waals surface area (Å²) in [6.45, 7) is 18.2. The maximum atomic E-state index is 6.43. The zero-order chi connectivity index (χ0) is 11.6. The van der Waals surface area contributed by atoms with Crippen molar-refractivity contribution in [3.8, 4) is 0 Å². The Hall–Kier alpha value is 0.177. The highest BCUT2D eigenvalue weighted by Gasteiger charge is 2.41. The molecule has 0 aliphatic rings. The summed E-state index contributed by atoms with van der Waals surface area (Å²) < 4.78 is 6.43. The lowest BCUT2D eigenvalue weighted by Gasteiger charge is -2.43. The van der Waals surface area contributed by atoms with Gasteiger partial charge in [-0.1, -0.05) is 34.6 Å². The molecule has 0 saturated carbocycles. The fourth-order valence-corrected chi connectivity index (χ4v) is 2.99. The molecule has 0 atom stereocenters. The van der Waals surface area contributed by atoms with Crippen LogP contribution in [0.5, 0.6) is 0 Å². The van der Waals surface area contributed by atoms with Gasteiger partial charge in [0, 0.05) is 0 Å². The Morgan fingerprint density at radius 1 is 0.929 bits per heavy atom. The summed E-state index contributed by atoms with van der Waals surface area (Å²) >= 11 is 0. The molecule has 1 nitrogen and oxygen atoms in total. The van der Waals surface area contributed by atoms with Crippen LogP contribution in [0.1, 0.15) is 54.4 Å². The van der Waals surface area contributed by atoms with Crippen LogP contribution in [-0.4, -0.2) is 13.9 Å². The monoisotopic (exact) mass is 216 g/mol. The van der Waals surface area contributed by atoms with Crippen molar-refractivity contribution in [2.24, 2.45) is 0 Å². The first-order valence-corrected chi connectivity index (χ1v) is 8.69. The average Bonchev–Trinajstić information content (AvgIpc) is 2.01. The minimum Gasteiger partial charge on any atom is -0.412 e. The van der Waals surface area contributed by atoms with Gasteiger partial charge < -0.3 is 4.43 Å². The van der Waals surface area contributed by atoms with Crippen LogP contribution in [0.4, 0.5) is 0 Å². The van der Waals surface area contributed by atoms with E-state index in [0.29, 0.717) is 5.04 Å². The Labute approximate surface area is 91.4 Å². The van der Waals surface area contributed by atoms with Crippen molar-refractivity contribution in [3.63, 3.8) is 0 Å². The Morgan fingerprint density at radius 2 is 1.29 bits per heavy atom. The molecule has 0 aromatic rings. The maximum Gasteiger partial charge on any atom is 0.192 e. The smallest absolute Gasteiger partial charge is 0.192 e. The highest BCUT2D eigenvalue weighted by molar-refractivity contribution is 6.74. The van der Waals surface area contributed by atoms with Gasteiger partial charge in [-0.15, -0.1) is 0 Å². The number of hydrogen-bond donors (Lipinski definition) is 0. The molecule has 0 radical (unpaired) electrons. The van der Waals surface area contributed by atoms with Crippen LogP contribution in [0, 0.1) is 0 Å². The van der Waals surface area contributed by atoms with E-state index in [4.69, 9.17) is 4.43 Å². The van der Waals surface area contributed by atoms with Crippen molar-refractivity contribution in [3.05, 3.63) is 0 Å². The molecule has 0 saturated heterocycles. The maximum absolute atomic E-state index is 6.43. The average molecular weight is 216 g/mol. The third kappa shape index (κ3) is 3.39. The molecule has 0 rings (SSSR count). The second-order valence-electron chi connectivity index (χ2n) is 6.02. The molecule has 0 amide bonds. The van der Waals surface area contributed by atoms with Crippen LogP contribution in [0.2, 0.25) is 18.1 Å². The minimum absolute atomic E-state index is 0.0863. The van der Waals surface area contributed by atoms with Crippen molar-refractivity contribution >= 4 is 8.32 Å². The minimum atomic E-state index is -1.58. The molecule has 0 aliphatic carbocycles. The lowest BCUT2D eigenvalue weighted by atomic mass is 10.0. The molecule has 0 aromatic heterocycles. The summed E-state index contributed by atoms with van der Waals surface area (Å²) in [5.74, 6) is 0. The summed E-state index contributed by atoms with van der Waals surface area (Å²) in [5.41, 5.74) is 0.0863. The summed E-state index contributed by atoms with van der Waals surface area (Å²) in [6, 6.07) is 0. The van der Waals surface area contributed by atoms with Gasteiger partial charge in [0.25, 0.3) is 0 Å². The number of rotatable bonds is 4. The normalized spacial score (nSPS) is 14.6. The van der Waals surface area contributed by atoms with Gasteiger partial charge in [-0.2, -0.15) is 0 Å². The van der Waals surface area contributed by atoms with Crippen molar-refractivity contribution in [1.29, 1.82) is 0 Å². The van der Waals surface area contributed by atoms with Crippen molar-refractivity contribution in [2.75, 3.05) is 0 Å². The van der Waals surface area contributed by atoms with Crippen molar-refractivity contribution in [2.45, 2.75) is 78.1 Å². The molecular weight excluding hydrogens is 188 g/mol. The van der Waals surface area contributed by atoms with E-state index in [2.05, 4.69) is 54.6 Å². The van der Waals surface area contributed by atoms with Crippen LogP contribution in [-0.2, 0) is 4.43 Å². The quantitative estimate of drug-likeness (QED) is 0.625. The second-order valence-corrected chi connectivity index (χ2v) is 10.7. The predicted molar refractivity (Wildman–Crippen MR) is 67.3 cm³/mol. The molecule has 2 heteroatoms. The van der Waals surface area contributed by atoms with Crippen LogP contribution < -0.4 is 0 Å². The molecular formula is C12H28OSi. The van der Waals surface area contributed by atoms with Gasteiger partial charge in [0.1, 0.15) is 0 Å². The zero-order valence-electron chi connectivity index (χ0n) is 11.3. The van der Waals surface area contributed by atoms with Gasteiger partial charge in [-0.25, -0.2) is 0 Å². The van der Waals surface area contributed by atoms with E-state index < -0.39 is 8.32 Å². The van der Waals surface area contributed by atoms with Crippen LogP contribution in [0.25, 0.3) is 0 Å². The number of hydrogen-bond acceptors (Lipinski definition) is 1. The largest absolute Gasteiger partial charge is 0.412 e. The molecule has 0 heterocycles. The third-order valence-electron chi connectivity index (χ3n) is 3.80. The first kappa shape index (κ1) is 14.2. The summed E-state index contributed by atoms with van der Waals surface area (Å²) in [4.78, 5) is 0. The van der Waals surface area contributed by atoms with Crippen LogP contribution in [0.3, 0.4) is 0 Å². The molecule has 86 valence electrons. The van der Waals surface area contributed by atoms with Crippen molar-refractivity contribution < 1.29 is 4.43 Å². The van der Waals surface area contributed by atoms with Crippen LogP contribution >= 0.6 is 0 Å². The molecule has 14 heavy (non-hydrogen) atoms. The lowest BCUT2D eigenvalue weighted by Crippen LogP contribution is -2.48. The fourth-order valence-electron chi connectivity index (χ4n) is 1.16. The van der Waals surface area contributed by atoms with E-state index in [1.807, 2.05) is 0 Å². The van der Waals surface area contributed by atoms with E-state index in [9.17, 15) is 0 Å². The Morgan fingerprint density at radius 3 is 1.50 bits per heavy atom. The molecule has 0 aromatic carbocycles. The second kappa shape index (κ2) is 4.36. The zero-order valence-corrected chi connectivity index (χ0v) is 12.3. The topological polar surface area (TPSA) is 9.23 Å². The SMILES string of the molecule is CCC(C)(CC)O[Si](C)(C)C(C)(C)C. The van der Waals surface area contributed by atoms with Gasteiger partial charge in [0.05, 0.1) is 5.60 Å². The Balaban J connectivity index is 4.65. The molecule has 0 unspecified atom stereocenters. The summed E-state index contributed by atoms with van der Waals surface area (Å²) in [7, 11) is -1.58. The molecule has 0 bridgehead atoms.